The fraction of sp³-hybridized carbons (Fsp3) is 0.440. The number of rotatable bonds is 8. The monoisotopic (exact) mass is 519 g/mol. The lowest BCUT2D eigenvalue weighted by Crippen LogP contribution is -2.53. The number of carbonyl (C=O) groups is 2. The van der Waals surface area contributed by atoms with E-state index in [0.717, 1.165) is 4.31 Å². The van der Waals surface area contributed by atoms with Crippen molar-refractivity contribution in [3.8, 4) is 5.75 Å². The standard InChI is InChI=1S/C25H33N3O7S/c1-25(2,3)35-24(30)27-15-14-19(17-27)22(23(29)26-31)28(16-18-8-6-5-7-9-18)36(32,33)21-12-10-20(34-4)11-13-21/h5-13,19,22,31H,14-17H2,1-4H3,(H,26,29)/t19?,22-/m1/s1. The first-order valence-electron chi connectivity index (χ1n) is 11.6. The molecule has 1 aliphatic rings. The highest BCUT2D eigenvalue weighted by Crippen LogP contribution is 2.31. The first-order valence-corrected chi connectivity index (χ1v) is 13.0. The van der Waals surface area contributed by atoms with Gasteiger partial charge in [-0.3, -0.25) is 10.0 Å². The number of nitrogens with zero attached hydrogens (tertiary/aromatic N) is 2. The molecule has 196 valence electrons. The van der Waals surface area contributed by atoms with Crippen molar-refractivity contribution < 1.29 is 32.7 Å². The van der Waals surface area contributed by atoms with Crippen LogP contribution in [0.15, 0.2) is 59.5 Å². The van der Waals surface area contributed by atoms with Gasteiger partial charge in [-0.1, -0.05) is 30.3 Å². The maximum Gasteiger partial charge on any atom is 0.410 e. The average molecular weight is 520 g/mol. The molecule has 2 atom stereocenters. The van der Waals surface area contributed by atoms with Gasteiger partial charge in [-0.15, -0.1) is 0 Å². The maximum atomic E-state index is 13.9. The zero-order valence-corrected chi connectivity index (χ0v) is 21.7. The van der Waals surface area contributed by atoms with Crippen LogP contribution in [0, 0.1) is 5.92 Å². The Morgan fingerprint density at radius 2 is 1.78 bits per heavy atom. The molecule has 2 amide bonds. The normalized spacial score (nSPS) is 17.1. The quantitative estimate of drug-likeness (QED) is 0.406. The van der Waals surface area contributed by atoms with Crippen molar-refractivity contribution in [2.45, 2.75) is 50.3 Å². The lowest BCUT2D eigenvalue weighted by atomic mass is 9.98. The lowest BCUT2D eigenvalue weighted by molar-refractivity contribution is -0.135. The van der Waals surface area contributed by atoms with Gasteiger partial charge in [0.1, 0.15) is 17.4 Å². The van der Waals surface area contributed by atoms with Crippen LogP contribution in [-0.2, 0) is 26.1 Å². The first kappa shape index (κ1) is 27.4. The molecule has 1 heterocycles. The number of hydrogen-bond acceptors (Lipinski definition) is 7. The highest BCUT2D eigenvalue weighted by Gasteiger charge is 2.44. The molecular weight excluding hydrogens is 486 g/mol. The Kier molecular flexibility index (Phi) is 8.59. The van der Waals surface area contributed by atoms with Crippen molar-refractivity contribution in [3.63, 3.8) is 0 Å². The van der Waals surface area contributed by atoms with E-state index in [-0.39, 0.29) is 24.5 Å². The van der Waals surface area contributed by atoms with Crippen LogP contribution in [0.1, 0.15) is 32.8 Å². The van der Waals surface area contributed by atoms with Gasteiger partial charge in [0.15, 0.2) is 0 Å². The van der Waals surface area contributed by atoms with Gasteiger partial charge in [-0.2, -0.15) is 4.31 Å². The summed E-state index contributed by atoms with van der Waals surface area (Å²) in [5.74, 6) is -0.975. The summed E-state index contributed by atoms with van der Waals surface area (Å²) < 4.78 is 39.4. The van der Waals surface area contributed by atoms with Gasteiger partial charge >= 0.3 is 6.09 Å². The summed E-state index contributed by atoms with van der Waals surface area (Å²) in [4.78, 5) is 27.0. The summed E-state index contributed by atoms with van der Waals surface area (Å²) >= 11 is 0. The van der Waals surface area contributed by atoms with E-state index >= 15 is 0 Å². The van der Waals surface area contributed by atoms with Crippen LogP contribution < -0.4 is 10.2 Å². The minimum Gasteiger partial charge on any atom is -0.497 e. The molecule has 1 fully saturated rings. The minimum atomic E-state index is -4.21. The molecule has 0 radical (unpaired) electrons. The Hall–Kier alpha value is -3.15. The van der Waals surface area contributed by atoms with Crippen LogP contribution in [0.25, 0.3) is 0 Å². The average Bonchev–Trinajstić information content (AvgIpc) is 3.33. The highest BCUT2D eigenvalue weighted by molar-refractivity contribution is 7.89. The third-order valence-electron chi connectivity index (χ3n) is 5.86. The number of hydroxylamine groups is 1. The molecule has 2 aromatic rings. The van der Waals surface area contributed by atoms with Crippen LogP contribution in [0.4, 0.5) is 4.79 Å². The van der Waals surface area contributed by atoms with E-state index in [1.807, 2.05) is 0 Å². The van der Waals surface area contributed by atoms with Gasteiger partial charge in [0.05, 0.1) is 12.0 Å². The molecule has 1 aliphatic heterocycles. The second-order valence-electron chi connectivity index (χ2n) is 9.61. The summed E-state index contributed by atoms with van der Waals surface area (Å²) in [6.45, 7) is 5.53. The molecule has 0 aromatic heterocycles. The molecule has 0 aliphatic carbocycles. The molecule has 10 nitrogen and oxygen atoms in total. The Bertz CT molecular complexity index is 1150. The van der Waals surface area contributed by atoms with Crippen molar-refractivity contribution in [1.29, 1.82) is 0 Å². The van der Waals surface area contributed by atoms with E-state index in [4.69, 9.17) is 9.47 Å². The fourth-order valence-electron chi connectivity index (χ4n) is 4.16. The molecular formula is C25H33N3O7S. The molecule has 2 aromatic carbocycles. The molecule has 0 bridgehead atoms. The number of carbonyl (C=O) groups excluding carboxylic acids is 2. The van der Waals surface area contributed by atoms with Gasteiger partial charge in [-0.25, -0.2) is 18.7 Å². The molecule has 1 saturated heterocycles. The zero-order chi connectivity index (χ0) is 26.5. The van der Waals surface area contributed by atoms with E-state index in [0.29, 0.717) is 17.7 Å². The van der Waals surface area contributed by atoms with Crippen molar-refractivity contribution in [3.05, 3.63) is 60.2 Å². The number of nitrogens with one attached hydrogen (secondary N) is 1. The topological polar surface area (TPSA) is 125 Å². The van der Waals surface area contributed by atoms with Gasteiger partial charge in [0.25, 0.3) is 5.91 Å². The number of amides is 2. The molecule has 0 saturated carbocycles. The SMILES string of the molecule is COc1ccc(S(=O)(=O)N(Cc2ccccc2)[C@@H](C(=O)NO)C2CCN(C(=O)OC(C)(C)C)C2)cc1. The summed E-state index contributed by atoms with van der Waals surface area (Å²) in [5.41, 5.74) is 1.59. The highest BCUT2D eigenvalue weighted by atomic mass is 32.2. The van der Waals surface area contributed by atoms with Gasteiger partial charge in [-0.05, 0) is 57.0 Å². The van der Waals surface area contributed by atoms with E-state index in [2.05, 4.69) is 0 Å². The van der Waals surface area contributed by atoms with Crippen molar-refractivity contribution >= 4 is 22.0 Å². The number of hydrogen-bond donors (Lipinski definition) is 2. The van der Waals surface area contributed by atoms with E-state index in [9.17, 15) is 23.2 Å². The fourth-order valence-corrected chi connectivity index (χ4v) is 5.80. The van der Waals surface area contributed by atoms with Crippen molar-refractivity contribution in [1.82, 2.24) is 14.7 Å². The molecule has 36 heavy (non-hydrogen) atoms. The molecule has 11 heteroatoms. The Morgan fingerprint density at radius 3 is 2.33 bits per heavy atom. The summed E-state index contributed by atoms with van der Waals surface area (Å²) in [5, 5.41) is 9.57. The van der Waals surface area contributed by atoms with E-state index in [1.165, 1.54) is 36.3 Å². The van der Waals surface area contributed by atoms with Crippen LogP contribution >= 0.6 is 0 Å². The molecule has 1 unspecified atom stereocenters. The third-order valence-corrected chi connectivity index (χ3v) is 7.70. The smallest absolute Gasteiger partial charge is 0.410 e. The van der Waals surface area contributed by atoms with Gasteiger partial charge in [0, 0.05) is 25.6 Å². The number of benzene rings is 2. The molecule has 0 spiro atoms. The minimum absolute atomic E-state index is 0.0306. The van der Waals surface area contributed by atoms with Crippen LogP contribution in [0.3, 0.4) is 0 Å². The summed E-state index contributed by atoms with van der Waals surface area (Å²) in [6.07, 6.45) is -0.193. The Morgan fingerprint density at radius 1 is 1.14 bits per heavy atom. The third kappa shape index (κ3) is 6.54. The molecule has 3 rings (SSSR count). The first-order chi connectivity index (χ1) is 17.0. The maximum absolute atomic E-state index is 13.9. The van der Waals surface area contributed by atoms with Crippen LogP contribution in [0.2, 0.25) is 0 Å². The number of ether oxygens (including phenoxy) is 2. The number of sulfonamides is 1. The predicted octanol–water partition coefficient (Wildman–Crippen LogP) is 3.02. The van der Waals surface area contributed by atoms with Crippen LogP contribution in [-0.4, -0.2) is 66.7 Å². The summed E-state index contributed by atoms with van der Waals surface area (Å²) in [6, 6.07) is 13.4. The van der Waals surface area contributed by atoms with E-state index in [1.54, 1.807) is 56.6 Å². The second kappa shape index (κ2) is 11.3. The van der Waals surface area contributed by atoms with E-state index < -0.39 is 39.6 Å². The van der Waals surface area contributed by atoms with Crippen molar-refractivity contribution in [2.75, 3.05) is 20.2 Å². The second-order valence-corrected chi connectivity index (χ2v) is 11.5. The van der Waals surface area contributed by atoms with Crippen molar-refractivity contribution in [2.24, 2.45) is 5.92 Å². The Labute approximate surface area is 211 Å². The van der Waals surface area contributed by atoms with Crippen LogP contribution in [0.5, 0.6) is 5.75 Å². The molecule has 2 N–H and O–H groups in total. The Balaban J connectivity index is 2.00. The zero-order valence-electron chi connectivity index (χ0n) is 20.9. The lowest BCUT2D eigenvalue weighted by Gasteiger charge is -2.33. The number of methoxy groups -OCH3 is 1. The summed E-state index contributed by atoms with van der Waals surface area (Å²) in [7, 11) is -2.74. The van der Waals surface area contributed by atoms with Gasteiger partial charge < -0.3 is 14.4 Å². The van der Waals surface area contributed by atoms with Gasteiger partial charge in [0.2, 0.25) is 10.0 Å². The predicted molar refractivity (Wildman–Crippen MR) is 132 cm³/mol. The largest absolute Gasteiger partial charge is 0.497 e. The number of likely N-dealkylation sites (tertiary alicyclic amines) is 1.